The third-order valence-corrected chi connectivity index (χ3v) is 2.69. The molecule has 0 fully saturated rings. The van der Waals surface area contributed by atoms with E-state index in [1.54, 1.807) is 0 Å². The quantitative estimate of drug-likeness (QED) is 0.637. The molecule has 0 aliphatic carbocycles. The van der Waals surface area contributed by atoms with Gasteiger partial charge in [-0.2, -0.15) is 0 Å². The monoisotopic (exact) mass is 254 g/mol. The number of para-hydroxylation sites is 2. The van der Waals surface area contributed by atoms with Crippen LogP contribution >= 0.6 is 0 Å². The Kier molecular flexibility index (Phi) is 4.59. The Balaban J connectivity index is 2.27. The fraction of sp³-hybridized carbons (Fsp3) is 0.125. The topological polar surface area (TPSA) is 47.3 Å². The van der Waals surface area contributed by atoms with E-state index in [2.05, 4.69) is 5.32 Å². The number of anilines is 1. The maximum absolute atomic E-state index is 5.93. The highest BCUT2D eigenvalue weighted by atomic mass is 16.5. The molecular weight excluding hydrogens is 236 g/mol. The second-order valence-corrected chi connectivity index (χ2v) is 4.13. The van der Waals surface area contributed by atoms with E-state index in [0.717, 1.165) is 17.9 Å². The van der Waals surface area contributed by atoms with Crippen molar-refractivity contribution < 1.29 is 4.74 Å². The number of likely N-dealkylation sites (N-methyl/N-ethyl adjacent to an activating group) is 1. The molecule has 2 rings (SSSR count). The number of hydrogen-bond acceptors (Lipinski definition) is 3. The molecular formula is C16H18N2O. The summed E-state index contributed by atoms with van der Waals surface area (Å²) in [5.41, 5.74) is 7.57. The lowest BCUT2D eigenvalue weighted by Crippen LogP contribution is -2.07. The Morgan fingerprint density at radius 2 is 1.79 bits per heavy atom. The van der Waals surface area contributed by atoms with E-state index in [4.69, 9.17) is 10.5 Å². The summed E-state index contributed by atoms with van der Waals surface area (Å²) in [6.45, 7) is 0.733. The molecule has 0 heterocycles. The lowest BCUT2D eigenvalue weighted by atomic mass is 10.2. The van der Waals surface area contributed by atoms with Gasteiger partial charge in [-0.25, -0.2) is 0 Å². The fourth-order valence-corrected chi connectivity index (χ4v) is 1.71. The summed E-state index contributed by atoms with van der Waals surface area (Å²) < 4.78 is 5.93. The zero-order valence-electron chi connectivity index (χ0n) is 11.0. The van der Waals surface area contributed by atoms with Crippen LogP contribution in [0.4, 0.5) is 5.69 Å². The van der Waals surface area contributed by atoms with Crippen LogP contribution in [-0.4, -0.2) is 13.6 Å². The van der Waals surface area contributed by atoms with Gasteiger partial charge in [0.15, 0.2) is 0 Å². The van der Waals surface area contributed by atoms with Crippen molar-refractivity contribution >= 4 is 11.4 Å². The van der Waals surface area contributed by atoms with E-state index in [0.29, 0.717) is 11.4 Å². The van der Waals surface area contributed by atoms with Crippen LogP contribution in [0.25, 0.3) is 5.76 Å². The standard InChI is InChI=1S/C16H18N2O/c1-18-12-11-15(13-7-3-2-4-8-13)19-16-10-6-5-9-14(16)17/h2-11,18H,12,17H2,1H3. The number of rotatable bonds is 5. The lowest BCUT2D eigenvalue weighted by molar-refractivity contribution is 0.515. The van der Waals surface area contributed by atoms with Gasteiger partial charge < -0.3 is 15.8 Å². The van der Waals surface area contributed by atoms with Crippen molar-refractivity contribution in [1.29, 1.82) is 0 Å². The molecule has 0 saturated heterocycles. The lowest BCUT2D eigenvalue weighted by Gasteiger charge is -2.12. The molecule has 0 saturated carbocycles. The number of benzene rings is 2. The number of ether oxygens (including phenoxy) is 1. The summed E-state index contributed by atoms with van der Waals surface area (Å²) in [6.07, 6.45) is 2.00. The van der Waals surface area contributed by atoms with Gasteiger partial charge in [0.25, 0.3) is 0 Å². The maximum atomic E-state index is 5.93. The minimum atomic E-state index is 0.633. The van der Waals surface area contributed by atoms with Crippen molar-refractivity contribution in [2.45, 2.75) is 0 Å². The molecule has 0 atom stereocenters. The van der Waals surface area contributed by atoms with Crippen molar-refractivity contribution in [2.75, 3.05) is 19.3 Å². The molecule has 0 spiro atoms. The van der Waals surface area contributed by atoms with Crippen molar-refractivity contribution in [3.8, 4) is 5.75 Å². The highest BCUT2D eigenvalue weighted by molar-refractivity contribution is 5.65. The van der Waals surface area contributed by atoms with Gasteiger partial charge in [0, 0.05) is 12.1 Å². The Bertz CT molecular complexity index is 550. The van der Waals surface area contributed by atoms with Gasteiger partial charge in [-0.1, -0.05) is 42.5 Å². The Morgan fingerprint density at radius 3 is 2.47 bits per heavy atom. The van der Waals surface area contributed by atoms with Gasteiger partial charge in [0.1, 0.15) is 11.5 Å². The first kappa shape index (κ1) is 13.2. The first-order valence-corrected chi connectivity index (χ1v) is 6.24. The number of nitrogens with one attached hydrogen (secondary N) is 1. The largest absolute Gasteiger partial charge is 0.455 e. The molecule has 0 aromatic heterocycles. The number of nitrogen functional groups attached to an aromatic ring is 1. The molecule has 3 heteroatoms. The molecule has 3 N–H and O–H groups in total. The van der Waals surface area contributed by atoms with E-state index in [9.17, 15) is 0 Å². The van der Waals surface area contributed by atoms with E-state index >= 15 is 0 Å². The Morgan fingerprint density at radius 1 is 1.11 bits per heavy atom. The van der Waals surface area contributed by atoms with E-state index in [1.165, 1.54) is 0 Å². The van der Waals surface area contributed by atoms with Crippen LogP contribution in [0.3, 0.4) is 0 Å². The molecule has 98 valence electrons. The highest BCUT2D eigenvalue weighted by Crippen LogP contribution is 2.26. The van der Waals surface area contributed by atoms with Crippen LogP contribution < -0.4 is 15.8 Å². The smallest absolute Gasteiger partial charge is 0.150 e. The van der Waals surface area contributed by atoms with Crippen molar-refractivity contribution in [2.24, 2.45) is 0 Å². The van der Waals surface area contributed by atoms with Gasteiger partial charge in [0.2, 0.25) is 0 Å². The summed E-state index contributed by atoms with van der Waals surface area (Å²) in [4.78, 5) is 0. The van der Waals surface area contributed by atoms with Crippen molar-refractivity contribution in [3.05, 3.63) is 66.2 Å². The van der Waals surface area contributed by atoms with E-state index in [-0.39, 0.29) is 0 Å². The van der Waals surface area contributed by atoms with Crippen LogP contribution in [0.1, 0.15) is 5.56 Å². The summed E-state index contributed by atoms with van der Waals surface area (Å²) in [5, 5.41) is 3.08. The summed E-state index contributed by atoms with van der Waals surface area (Å²) in [6, 6.07) is 17.5. The van der Waals surface area contributed by atoms with Crippen LogP contribution in [0.5, 0.6) is 5.75 Å². The molecule has 3 nitrogen and oxygen atoms in total. The molecule has 0 aliphatic heterocycles. The van der Waals surface area contributed by atoms with Crippen LogP contribution in [0.15, 0.2) is 60.7 Å². The minimum absolute atomic E-state index is 0.633. The molecule has 0 aliphatic rings. The number of nitrogens with two attached hydrogens (primary N) is 1. The molecule has 0 bridgehead atoms. The highest BCUT2D eigenvalue weighted by Gasteiger charge is 2.06. The summed E-state index contributed by atoms with van der Waals surface area (Å²) >= 11 is 0. The number of hydrogen-bond donors (Lipinski definition) is 2. The van der Waals surface area contributed by atoms with Crippen LogP contribution in [0.2, 0.25) is 0 Å². The Hall–Kier alpha value is -2.26. The molecule has 0 unspecified atom stereocenters. The van der Waals surface area contributed by atoms with Crippen molar-refractivity contribution in [3.63, 3.8) is 0 Å². The van der Waals surface area contributed by atoms with Crippen LogP contribution in [-0.2, 0) is 0 Å². The zero-order valence-corrected chi connectivity index (χ0v) is 11.0. The predicted molar refractivity (Wildman–Crippen MR) is 79.8 cm³/mol. The summed E-state index contributed by atoms with van der Waals surface area (Å²) in [7, 11) is 1.90. The second-order valence-electron chi connectivity index (χ2n) is 4.13. The normalized spacial score (nSPS) is 11.3. The van der Waals surface area contributed by atoms with Crippen molar-refractivity contribution in [1.82, 2.24) is 5.32 Å². The zero-order chi connectivity index (χ0) is 13.5. The predicted octanol–water partition coefficient (Wildman–Crippen LogP) is 2.91. The average Bonchev–Trinajstić information content (AvgIpc) is 2.46. The van der Waals surface area contributed by atoms with Gasteiger partial charge >= 0.3 is 0 Å². The third kappa shape index (κ3) is 3.60. The van der Waals surface area contributed by atoms with Gasteiger partial charge in [-0.15, -0.1) is 0 Å². The third-order valence-electron chi connectivity index (χ3n) is 2.69. The molecule has 0 radical (unpaired) electrons. The molecule has 2 aromatic rings. The molecule has 19 heavy (non-hydrogen) atoms. The first-order valence-electron chi connectivity index (χ1n) is 6.24. The minimum Gasteiger partial charge on any atom is -0.455 e. The maximum Gasteiger partial charge on any atom is 0.150 e. The summed E-state index contributed by atoms with van der Waals surface area (Å²) in [5.74, 6) is 1.47. The van der Waals surface area contributed by atoms with Gasteiger partial charge in [-0.3, -0.25) is 0 Å². The molecule has 0 amide bonds. The van der Waals surface area contributed by atoms with E-state index in [1.807, 2.05) is 67.7 Å². The molecule has 2 aromatic carbocycles. The fourth-order valence-electron chi connectivity index (χ4n) is 1.71. The Labute approximate surface area is 113 Å². The second kappa shape index (κ2) is 6.61. The van der Waals surface area contributed by atoms with Gasteiger partial charge in [-0.05, 0) is 25.3 Å². The average molecular weight is 254 g/mol. The van der Waals surface area contributed by atoms with Crippen LogP contribution in [0, 0.1) is 0 Å². The van der Waals surface area contributed by atoms with E-state index < -0.39 is 0 Å². The SMILES string of the molecule is CNCC=C(Oc1ccccc1N)c1ccccc1. The van der Waals surface area contributed by atoms with Gasteiger partial charge in [0.05, 0.1) is 5.69 Å². The first-order chi connectivity index (χ1) is 9.31.